The lowest BCUT2D eigenvalue weighted by atomic mass is 9.94. The summed E-state index contributed by atoms with van der Waals surface area (Å²) in [5.74, 6) is -0.0194. The Morgan fingerprint density at radius 3 is 2.19 bits per heavy atom. The van der Waals surface area contributed by atoms with Crippen LogP contribution >= 0.6 is 0 Å². The highest BCUT2D eigenvalue weighted by molar-refractivity contribution is 5.81. The summed E-state index contributed by atoms with van der Waals surface area (Å²) >= 11 is 0. The number of urea groups is 1. The van der Waals surface area contributed by atoms with Gasteiger partial charge in [-0.1, -0.05) is 0 Å². The zero-order chi connectivity index (χ0) is 27.4. The first-order chi connectivity index (χ1) is 17.1. The van der Waals surface area contributed by atoms with Crippen molar-refractivity contribution in [3.8, 4) is 0 Å². The summed E-state index contributed by atoms with van der Waals surface area (Å²) in [4.78, 5) is 30.5. The second kappa shape index (κ2) is 9.25. The molecule has 7 nitrogen and oxygen atoms in total. The van der Waals surface area contributed by atoms with Crippen LogP contribution in [-0.2, 0) is 24.2 Å². The van der Waals surface area contributed by atoms with Gasteiger partial charge in [0.15, 0.2) is 0 Å². The molecule has 2 aromatic rings. The molecule has 4 rings (SSSR count). The predicted molar refractivity (Wildman–Crippen MR) is 120 cm³/mol. The first-order valence-electron chi connectivity index (χ1n) is 11.7. The molecule has 37 heavy (non-hydrogen) atoms. The van der Waals surface area contributed by atoms with Gasteiger partial charge in [0.2, 0.25) is 5.91 Å². The molecule has 1 aromatic heterocycles. The maximum atomic E-state index is 13.7. The number of piperazine rings is 1. The monoisotopic (exact) mass is 531 g/mol. The van der Waals surface area contributed by atoms with Crippen molar-refractivity contribution < 1.29 is 35.9 Å². The number of aromatic nitrogens is 2. The number of aryl methyl sites for hydroxylation is 2. The Labute approximate surface area is 209 Å². The molecule has 2 fully saturated rings. The van der Waals surface area contributed by atoms with Gasteiger partial charge < -0.3 is 14.7 Å². The van der Waals surface area contributed by atoms with Gasteiger partial charge >= 0.3 is 18.4 Å². The van der Waals surface area contributed by atoms with Crippen molar-refractivity contribution in [3.63, 3.8) is 0 Å². The van der Waals surface area contributed by atoms with Crippen LogP contribution in [0.4, 0.5) is 31.1 Å². The molecule has 0 saturated carbocycles. The van der Waals surface area contributed by atoms with Gasteiger partial charge in [-0.25, -0.2) is 4.79 Å². The highest BCUT2D eigenvalue weighted by Gasteiger charge is 2.47. The normalized spacial score (nSPS) is 21.3. The van der Waals surface area contributed by atoms with E-state index in [1.807, 2.05) is 0 Å². The topological polar surface area (TPSA) is 61.7 Å². The van der Waals surface area contributed by atoms with Gasteiger partial charge in [-0.05, 0) is 44.0 Å². The van der Waals surface area contributed by atoms with E-state index in [0.29, 0.717) is 30.7 Å². The molecule has 1 aromatic carbocycles. The molecule has 0 radical (unpaired) electrons. The van der Waals surface area contributed by atoms with Crippen LogP contribution < -0.4 is 0 Å². The molecule has 0 bridgehead atoms. The van der Waals surface area contributed by atoms with E-state index in [-0.39, 0.29) is 36.7 Å². The molecule has 0 aliphatic carbocycles. The smallest absolute Gasteiger partial charge is 0.335 e. The third kappa shape index (κ3) is 4.99. The number of benzene rings is 1. The largest absolute Gasteiger partial charge is 0.416 e. The fourth-order valence-electron chi connectivity index (χ4n) is 5.25. The molecule has 0 N–H and O–H groups in total. The summed E-state index contributed by atoms with van der Waals surface area (Å²) in [5.41, 5.74) is -1.77. The molecular formula is C24H27F6N5O2. The molecule has 13 heteroatoms. The molecular weight excluding hydrogens is 504 g/mol. The Balaban J connectivity index is 1.69. The number of hydrogen-bond donors (Lipinski definition) is 0. The van der Waals surface area contributed by atoms with Crippen LogP contribution in [0.15, 0.2) is 24.4 Å². The summed E-state index contributed by atoms with van der Waals surface area (Å²) in [7, 11) is 3.07. The van der Waals surface area contributed by atoms with E-state index in [1.165, 1.54) is 14.0 Å². The van der Waals surface area contributed by atoms with E-state index in [2.05, 4.69) is 5.10 Å². The van der Waals surface area contributed by atoms with Gasteiger partial charge in [-0.15, -0.1) is 0 Å². The molecule has 3 atom stereocenters. The number of amides is 3. The van der Waals surface area contributed by atoms with E-state index < -0.39 is 41.6 Å². The minimum Gasteiger partial charge on any atom is -0.335 e. The fraction of sp³-hybridized carbons (Fsp3) is 0.542. The van der Waals surface area contributed by atoms with Gasteiger partial charge in [0.25, 0.3) is 0 Å². The lowest BCUT2D eigenvalue weighted by Crippen LogP contribution is -2.57. The molecule has 2 aliphatic heterocycles. The van der Waals surface area contributed by atoms with Crippen molar-refractivity contribution in [1.29, 1.82) is 0 Å². The van der Waals surface area contributed by atoms with Crippen LogP contribution in [0.2, 0.25) is 0 Å². The molecule has 202 valence electrons. The van der Waals surface area contributed by atoms with Crippen molar-refractivity contribution in [3.05, 3.63) is 52.3 Å². The number of hydrogen-bond acceptors (Lipinski definition) is 3. The Morgan fingerprint density at radius 2 is 1.68 bits per heavy atom. The molecule has 0 spiro atoms. The van der Waals surface area contributed by atoms with E-state index in [9.17, 15) is 35.9 Å². The number of alkyl halides is 6. The zero-order valence-electron chi connectivity index (χ0n) is 20.7. The van der Waals surface area contributed by atoms with Crippen LogP contribution in [-0.4, -0.2) is 62.6 Å². The summed E-state index contributed by atoms with van der Waals surface area (Å²) in [6.07, 6.45) is -7.37. The van der Waals surface area contributed by atoms with E-state index in [4.69, 9.17) is 0 Å². The van der Waals surface area contributed by atoms with Gasteiger partial charge in [0, 0.05) is 45.4 Å². The maximum Gasteiger partial charge on any atom is 0.416 e. The maximum absolute atomic E-state index is 13.7. The number of fused-ring (bicyclic) bond motifs is 1. The summed E-state index contributed by atoms with van der Waals surface area (Å²) in [5, 5.41) is 4.35. The van der Waals surface area contributed by atoms with Crippen LogP contribution in [0, 0.1) is 6.92 Å². The molecule has 2 saturated heterocycles. The van der Waals surface area contributed by atoms with Crippen LogP contribution in [0.1, 0.15) is 59.8 Å². The third-order valence-electron chi connectivity index (χ3n) is 7.25. The standard InChI is InChI=1S/C24H27F6N5O2/c1-13-18(12-32(3)31-13)21-19-5-6-20(36)34(19)7-8-35(21)22(37)33(4)14(2)15-9-16(23(25,26)27)11-17(10-15)24(28,29)30/h9-12,14,19,21H,5-8H2,1-4H3/t14-,19+,21+/m1/s1. The average molecular weight is 532 g/mol. The van der Waals surface area contributed by atoms with Crippen molar-refractivity contribution in [2.24, 2.45) is 7.05 Å². The third-order valence-corrected chi connectivity index (χ3v) is 7.25. The van der Waals surface area contributed by atoms with Gasteiger partial charge in [-0.3, -0.25) is 9.48 Å². The second-order valence-electron chi connectivity index (χ2n) is 9.58. The number of rotatable bonds is 3. The van der Waals surface area contributed by atoms with Crippen molar-refractivity contribution >= 4 is 11.9 Å². The molecule has 3 heterocycles. The number of carbonyl (C=O) groups excluding carboxylic acids is 2. The SMILES string of the molecule is Cc1nn(C)cc1[C@H]1[C@@H]2CCC(=O)N2CCN1C(=O)N(C)[C@H](C)c1cc(C(F)(F)F)cc(C(F)(F)F)c1. The Kier molecular flexibility index (Phi) is 6.70. The van der Waals surface area contributed by atoms with E-state index in [0.717, 1.165) is 10.5 Å². The van der Waals surface area contributed by atoms with Crippen LogP contribution in [0.3, 0.4) is 0 Å². The van der Waals surface area contributed by atoms with Crippen LogP contribution in [0.25, 0.3) is 0 Å². The lowest BCUT2D eigenvalue weighted by Gasteiger charge is -2.46. The summed E-state index contributed by atoms with van der Waals surface area (Å²) in [6, 6.07) is -1.18. The van der Waals surface area contributed by atoms with Crippen molar-refractivity contribution in [2.45, 2.75) is 57.2 Å². The molecule has 3 amide bonds. The average Bonchev–Trinajstić information content (AvgIpc) is 3.36. The zero-order valence-corrected chi connectivity index (χ0v) is 20.7. The lowest BCUT2D eigenvalue weighted by molar-refractivity contribution is -0.143. The first kappa shape index (κ1) is 26.8. The highest BCUT2D eigenvalue weighted by atomic mass is 19.4. The predicted octanol–water partition coefficient (Wildman–Crippen LogP) is 4.93. The highest BCUT2D eigenvalue weighted by Crippen LogP contribution is 2.41. The second-order valence-corrected chi connectivity index (χ2v) is 9.58. The fourth-order valence-corrected chi connectivity index (χ4v) is 5.25. The van der Waals surface area contributed by atoms with Crippen LogP contribution in [0.5, 0.6) is 0 Å². The van der Waals surface area contributed by atoms with Gasteiger partial charge in [0.05, 0.1) is 34.9 Å². The number of carbonyl (C=O) groups is 2. The van der Waals surface area contributed by atoms with E-state index >= 15 is 0 Å². The molecule has 0 unspecified atom stereocenters. The first-order valence-corrected chi connectivity index (χ1v) is 11.7. The summed E-state index contributed by atoms with van der Waals surface area (Å²) < 4.78 is 81.9. The minimum atomic E-state index is -4.99. The van der Waals surface area contributed by atoms with Crippen molar-refractivity contribution in [2.75, 3.05) is 20.1 Å². The minimum absolute atomic E-state index is 0.0194. The number of halogens is 6. The number of nitrogens with zero attached hydrogens (tertiary/aromatic N) is 5. The Hall–Kier alpha value is -3.25. The van der Waals surface area contributed by atoms with Crippen molar-refractivity contribution in [1.82, 2.24) is 24.5 Å². The Bertz CT molecular complexity index is 1170. The summed E-state index contributed by atoms with van der Waals surface area (Å²) in [6.45, 7) is 3.61. The Morgan fingerprint density at radius 1 is 1.08 bits per heavy atom. The molecule has 2 aliphatic rings. The van der Waals surface area contributed by atoms with Gasteiger partial charge in [-0.2, -0.15) is 31.4 Å². The van der Waals surface area contributed by atoms with E-state index in [1.54, 1.807) is 34.6 Å². The quantitative estimate of drug-likeness (QED) is 0.528. The van der Waals surface area contributed by atoms with Gasteiger partial charge in [0.1, 0.15) is 0 Å².